The van der Waals surface area contributed by atoms with E-state index in [0.29, 0.717) is 27.0 Å². The summed E-state index contributed by atoms with van der Waals surface area (Å²) >= 11 is 13.3. The van der Waals surface area contributed by atoms with E-state index in [4.69, 9.17) is 23.2 Å². The first-order valence-corrected chi connectivity index (χ1v) is 12.4. The van der Waals surface area contributed by atoms with Gasteiger partial charge in [-0.25, -0.2) is 8.42 Å². The molecule has 3 aromatic carbocycles. The van der Waals surface area contributed by atoms with E-state index in [9.17, 15) is 13.2 Å². The van der Waals surface area contributed by atoms with Gasteiger partial charge in [-0.1, -0.05) is 29.3 Å². The molecule has 1 amide bonds. The summed E-state index contributed by atoms with van der Waals surface area (Å²) in [7, 11) is -3.79. The number of sulfonamides is 1. The van der Waals surface area contributed by atoms with Gasteiger partial charge in [0.1, 0.15) is 0 Å². The molecule has 0 bridgehead atoms. The van der Waals surface area contributed by atoms with Gasteiger partial charge in [-0.05, 0) is 80.1 Å². The Bertz CT molecular complexity index is 1180. The fourth-order valence-electron chi connectivity index (χ4n) is 2.65. The van der Waals surface area contributed by atoms with Crippen LogP contribution >= 0.6 is 35.0 Å². The Hall–Kier alpha value is -2.19. The monoisotopic (exact) mass is 494 g/mol. The number of hydrogen-bond donors (Lipinski definition) is 2. The molecule has 0 spiro atoms. The number of carbonyl (C=O) groups excluding carboxylic acids is 1. The molecule has 162 valence electrons. The second-order valence-corrected chi connectivity index (χ2v) is 10.7. The van der Waals surface area contributed by atoms with Crippen LogP contribution in [0.1, 0.15) is 12.5 Å². The van der Waals surface area contributed by atoms with Crippen LogP contribution in [0.4, 0.5) is 11.4 Å². The molecule has 0 heterocycles. The molecular formula is C22H20Cl2N2O3S2. The van der Waals surface area contributed by atoms with Crippen LogP contribution in [-0.4, -0.2) is 19.6 Å². The summed E-state index contributed by atoms with van der Waals surface area (Å²) in [6.07, 6.45) is 0. The van der Waals surface area contributed by atoms with Gasteiger partial charge in [0.15, 0.2) is 0 Å². The number of hydrogen-bond acceptors (Lipinski definition) is 4. The van der Waals surface area contributed by atoms with Crippen LogP contribution in [0.15, 0.2) is 76.5 Å². The van der Waals surface area contributed by atoms with Gasteiger partial charge < -0.3 is 5.32 Å². The molecule has 0 aliphatic heterocycles. The number of carbonyl (C=O) groups is 1. The van der Waals surface area contributed by atoms with Gasteiger partial charge >= 0.3 is 0 Å². The molecular weight excluding hydrogens is 475 g/mol. The van der Waals surface area contributed by atoms with Crippen molar-refractivity contribution in [3.8, 4) is 0 Å². The second-order valence-electron chi connectivity index (χ2n) is 6.75. The van der Waals surface area contributed by atoms with Gasteiger partial charge in [-0.2, -0.15) is 0 Å². The minimum absolute atomic E-state index is 0.0773. The Labute approximate surface area is 196 Å². The molecule has 0 saturated heterocycles. The van der Waals surface area contributed by atoms with Crippen LogP contribution in [0.3, 0.4) is 0 Å². The number of rotatable bonds is 7. The highest BCUT2D eigenvalue weighted by Gasteiger charge is 2.18. The molecule has 0 aliphatic carbocycles. The summed E-state index contributed by atoms with van der Waals surface area (Å²) in [6.45, 7) is 3.53. The largest absolute Gasteiger partial charge is 0.325 e. The van der Waals surface area contributed by atoms with Crippen molar-refractivity contribution in [3.63, 3.8) is 0 Å². The van der Waals surface area contributed by atoms with E-state index in [1.165, 1.54) is 23.9 Å². The van der Waals surface area contributed by atoms with Crippen LogP contribution in [0, 0.1) is 6.92 Å². The zero-order chi connectivity index (χ0) is 22.6. The Kier molecular flexibility index (Phi) is 7.54. The summed E-state index contributed by atoms with van der Waals surface area (Å²) in [6, 6.07) is 18.2. The van der Waals surface area contributed by atoms with Crippen LogP contribution in [-0.2, 0) is 14.8 Å². The normalized spacial score (nSPS) is 12.3. The summed E-state index contributed by atoms with van der Waals surface area (Å²) in [5.74, 6) is -0.191. The topological polar surface area (TPSA) is 75.3 Å². The molecule has 5 nitrogen and oxygen atoms in total. The fraction of sp³-hybridized carbons (Fsp3) is 0.136. The number of anilines is 2. The van der Waals surface area contributed by atoms with E-state index in [1.807, 2.05) is 12.1 Å². The standard InChI is InChI=1S/C22H20Cl2N2O3S2/c1-14-20(24)4-3-5-21(14)26-31(28,29)19-12-8-17(9-13-19)25-22(27)15(2)30-18-10-6-16(23)7-11-18/h3-13,15,26H,1-2H3,(H,25,27)/t15-/m1/s1. The maximum absolute atomic E-state index is 12.7. The number of benzene rings is 3. The minimum atomic E-state index is -3.79. The molecule has 31 heavy (non-hydrogen) atoms. The molecule has 2 N–H and O–H groups in total. The van der Waals surface area contributed by atoms with Crippen molar-refractivity contribution >= 4 is 62.3 Å². The third kappa shape index (κ3) is 6.17. The van der Waals surface area contributed by atoms with E-state index in [1.54, 1.807) is 56.3 Å². The lowest BCUT2D eigenvalue weighted by Gasteiger charge is -2.14. The summed E-state index contributed by atoms with van der Waals surface area (Å²) < 4.78 is 27.9. The molecule has 0 aliphatic rings. The summed E-state index contributed by atoms with van der Waals surface area (Å²) in [4.78, 5) is 13.5. The Morgan fingerprint density at radius 1 is 0.968 bits per heavy atom. The predicted octanol–water partition coefficient (Wildman–Crippen LogP) is 6.22. The van der Waals surface area contributed by atoms with Crippen molar-refractivity contribution < 1.29 is 13.2 Å². The Balaban J connectivity index is 1.65. The quantitative estimate of drug-likeness (QED) is 0.382. The van der Waals surface area contributed by atoms with E-state index in [2.05, 4.69) is 10.0 Å². The molecule has 0 fully saturated rings. The van der Waals surface area contributed by atoms with E-state index < -0.39 is 10.0 Å². The van der Waals surface area contributed by atoms with Crippen molar-refractivity contribution in [3.05, 3.63) is 82.3 Å². The molecule has 3 aromatic rings. The molecule has 0 radical (unpaired) electrons. The van der Waals surface area contributed by atoms with E-state index in [-0.39, 0.29) is 16.1 Å². The van der Waals surface area contributed by atoms with Gasteiger partial charge in [-0.15, -0.1) is 11.8 Å². The smallest absolute Gasteiger partial charge is 0.261 e. The summed E-state index contributed by atoms with van der Waals surface area (Å²) in [5, 5.41) is 3.56. The van der Waals surface area contributed by atoms with Crippen molar-refractivity contribution in [2.45, 2.75) is 28.9 Å². The minimum Gasteiger partial charge on any atom is -0.325 e. The zero-order valence-electron chi connectivity index (χ0n) is 16.7. The van der Waals surface area contributed by atoms with Crippen molar-refractivity contribution in [2.75, 3.05) is 10.0 Å². The maximum atomic E-state index is 12.7. The third-order valence-electron chi connectivity index (χ3n) is 4.44. The molecule has 3 rings (SSSR count). The highest BCUT2D eigenvalue weighted by molar-refractivity contribution is 8.00. The highest BCUT2D eigenvalue weighted by Crippen LogP contribution is 2.27. The molecule has 0 saturated carbocycles. The van der Waals surface area contributed by atoms with Crippen molar-refractivity contribution in [1.82, 2.24) is 0 Å². The molecule has 9 heteroatoms. The maximum Gasteiger partial charge on any atom is 0.261 e. The first-order chi connectivity index (χ1) is 14.7. The SMILES string of the molecule is Cc1c(Cl)cccc1NS(=O)(=O)c1ccc(NC(=O)[C@@H](C)Sc2ccc(Cl)cc2)cc1. The average Bonchev–Trinajstić information content (AvgIpc) is 2.73. The number of halogens is 2. The molecule has 0 aromatic heterocycles. The fourth-order valence-corrected chi connectivity index (χ4v) is 4.94. The molecule has 1 atom stereocenters. The van der Waals surface area contributed by atoms with E-state index >= 15 is 0 Å². The van der Waals surface area contributed by atoms with Crippen LogP contribution in [0.5, 0.6) is 0 Å². The van der Waals surface area contributed by atoms with Gasteiger partial charge in [0.05, 0.1) is 15.8 Å². The lowest BCUT2D eigenvalue weighted by molar-refractivity contribution is -0.115. The Morgan fingerprint density at radius 3 is 2.26 bits per heavy atom. The number of thioether (sulfide) groups is 1. The number of nitrogens with one attached hydrogen (secondary N) is 2. The van der Waals surface area contributed by atoms with Crippen LogP contribution in [0.2, 0.25) is 10.0 Å². The van der Waals surface area contributed by atoms with E-state index in [0.717, 1.165) is 4.90 Å². The average molecular weight is 495 g/mol. The highest BCUT2D eigenvalue weighted by atomic mass is 35.5. The van der Waals surface area contributed by atoms with Gasteiger partial charge in [0.25, 0.3) is 10.0 Å². The lowest BCUT2D eigenvalue weighted by atomic mass is 10.2. The van der Waals surface area contributed by atoms with Crippen LogP contribution in [0.25, 0.3) is 0 Å². The summed E-state index contributed by atoms with van der Waals surface area (Å²) in [5.41, 5.74) is 1.56. The second kappa shape index (κ2) is 9.96. The van der Waals surface area contributed by atoms with Gasteiger partial charge in [-0.3, -0.25) is 9.52 Å². The van der Waals surface area contributed by atoms with Gasteiger partial charge in [0, 0.05) is 20.6 Å². The third-order valence-corrected chi connectivity index (χ3v) is 7.59. The first-order valence-electron chi connectivity index (χ1n) is 9.27. The molecule has 0 unspecified atom stereocenters. The number of amides is 1. The first kappa shape index (κ1) is 23.5. The Morgan fingerprint density at radius 2 is 1.61 bits per heavy atom. The van der Waals surface area contributed by atoms with Crippen LogP contribution < -0.4 is 10.0 Å². The lowest BCUT2D eigenvalue weighted by Crippen LogP contribution is -2.22. The zero-order valence-corrected chi connectivity index (χ0v) is 19.9. The van der Waals surface area contributed by atoms with Crippen molar-refractivity contribution in [1.29, 1.82) is 0 Å². The predicted molar refractivity (Wildman–Crippen MR) is 129 cm³/mol. The van der Waals surface area contributed by atoms with Crippen molar-refractivity contribution in [2.24, 2.45) is 0 Å². The van der Waals surface area contributed by atoms with Gasteiger partial charge in [0.2, 0.25) is 5.91 Å².